The summed E-state index contributed by atoms with van der Waals surface area (Å²) in [6, 6.07) is 17.3. The van der Waals surface area contributed by atoms with Crippen molar-refractivity contribution in [3.05, 3.63) is 116 Å². The summed E-state index contributed by atoms with van der Waals surface area (Å²) in [7, 11) is 1.36. The Kier molecular flexibility index (Phi) is 10.4. The molecule has 1 aromatic heterocycles. The van der Waals surface area contributed by atoms with Crippen LogP contribution < -0.4 is 20.0 Å². The molecule has 9 rings (SSSR count). The second kappa shape index (κ2) is 15.3. The van der Waals surface area contributed by atoms with Crippen LogP contribution in [0, 0.1) is 23.7 Å². The topological polar surface area (TPSA) is 142 Å². The van der Waals surface area contributed by atoms with E-state index in [0.717, 1.165) is 5.69 Å². The molecule has 0 spiro atoms. The van der Waals surface area contributed by atoms with Gasteiger partial charge < -0.3 is 19.5 Å². The molecule has 4 fully saturated rings. The van der Waals surface area contributed by atoms with Crippen molar-refractivity contribution in [1.29, 1.82) is 0 Å². The Morgan fingerprint density at radius 1 is 0.934 bits per heavy atom. The quantitative estimate of drug-likeness (QED) is 0.139. The second-order valence-electron chi connectivity index (χ2n) is 15.6. The standard InChI is InChI=1S/C43H35BrCl2F3N5O7/c1-60-33-18-23(44)17-30(36(33)55)35-27-10-11-28-34(40(58)53(38(28)56)26-8-6-25(7-9-26)52-12-14-61-15-13-52)29(27)19-31-39(57)54(41(59)42(31,35)21-2-4-24(45)5-3-21)51-37-32(46)16-22(20-50-37)43(47,48)49/h2-10,16-18,20,28-29,31,34-35,55H,11-15,19H2,1H3,(H,50,51). The lowest BCUT2D eigenvalue weighted by Gasteiger charge is -2.50. The van der Waals surface area contributed by atoms with Gasteiger partial charge >= 0.3 is 6.18 Å². The molecule has 1 saturated carbocycles. The molecule has 0 radical (unpaired) electrons. The van der Waals surface area contributed by atoms with E-state index in [1.165, 1.54) is 18.1 Å². The number of ether oxygens (including phenoxy) is 2. The van der Waals surface area contributed by atoms with E-state index in [1.807, 2.05) is 18.2 Å². The van der Waals surface area contributed by atoms with E-state index in [-0.39, 0.29) is 29.9 Å². The molecule has 3 aromatic carbocycles. The first-order valence-electron chi connectivity index (χ1n) is 19.4. The molecule has 5 aliphatic rings. The first-order chi connectivity index (χ1) is 29.1. The van der Waals surface area contributed by atoms with Gasteiger partial charge in [-0.25, -0.2) is 4.98 Å². The third kappa shape index (κ3) is 6.55. The van der Waals surface area contributed by atoms with Gasteiger partial charge in [-0.1, -0.05) is 62.9 Å². The fourth-order valence-corrected chi connectivity index (χ4v) is 10.8. The van der Waals surface area contributed by atoms with E-state index in [1.54, 1.807) is 42.5 Å². The molecule has 0 bridgehead atoms. The van der Waals surface area contributed by atoms with E-state index in [0.29, 0.717) is 69.9 Å². The van der Waals surface area contributed by atoms with Crippen molar-refractivity contribution in [3.63, 3.8) is 0 Å². The average molecular weight is 942 g/mol. The molecule has 61 heavy (non-hydrogen) atoms. The molecule has 4 heterocycles. The number of aromatic nitrogens is 1. The summed E-state index contributed by atoms with van der Waals surface area (Å²) in [6.45, 7) is 2.56. The van der Waals surface area contributed by atoms with Crippen LogP contribution in [0.1, 0.15) is 35.4 Å². The number of carbonyl (C=O) groups is 4. The summed E-state index contributed by atoms with van der Waals surface area (Å²) in [6.07, 6.45) is -2.40. The molecule has 12 nitrogen and oxygen atoms in total. The number of nitrogens with one attached hydrogen (secondary N) is 1. The number of aromatic hydroxyl groups is 1. The number of pyridine rings is 1. The number of phenolic OH excluding ortho intramolecular Hbond substituents is 1. The van der Waals surface area contributed by atoms with Crippen molar-refractivity contribution >= 4 is 80.0 Å². The summed E-state index contributed by atoms with van der Waals surface area (Å²) in [4.78, 5) is 66.8. The van der Waals surface area contributed by atoms with Crippen molar-refractivity contribution in [1.82, 2.24) is 9.99 Å². The highest BCUT2D eigenvalue weighted by Gasteiger charge is 2.71. The number of nitrogens with zero attached hydrogens (tertiary/aromatic N) is 4. The molecule has 3 saturated heterocycles. The normalized spacial score (nSPS) is 26.2. The molecule has 316 valence electrons. The first-order valence-corrected chi connectivity index (χ1v) is 20.9. The third-order valence-corrected chi connectivity index (χ3v) is 13.6. The van der Waals surface area contributed by atoms with Crippen molar-refractivity contribution < 1.29 is 46.9 Å². The van der Waals surface area contributed by atoms with Gasteiger partial charge in [-0.2, -0.15) is 18.2 Å². The number of rotatable bonds is 7. The highest BCUT2D eigenvalue weighted by Crippen LogP contribution is 2.65. The summed E-state index contributed by atoms with van der Waals surface area (Å²) in [5.41, 5.74) is 1.97. The molecule has 6 unspecified atom stereocenters. The minimum atomic E-state index is -4.77. The highest BCUT2D eigenvalue weighted by molar-refractivity contribution is 9.10. The van der Waals surface area contributed by atoms with Crippen molar-refractivity contribution in [2.45, 2.75) is 30.4 Å². The predicted molar refractivity (Wildman–Crippen MR) is 221 cm³/mol. The van der Waals surface area contributed by atoms with Crippen LogP contribution in [0.25, 0.3) is 0 Å². The number of phenols is 1. The fourth-order valence-electron chi connectivity index (χ4n) is 9.99. The zero-order chi connectivity index (χ0) is 43.1. The minimum absolute atomic E-state index is 0.0508. The Labute approximate surface area is 365 Å². The van der Waals surface area contributed by atoms with Gasteiger partial charge in [-0.3, -0.25) is 29.5 Å². The summed E-state index contributed by atoms with van der Waals surface area (Å²) in [5.74, 6) is -8.16. The zero-order valence-electron chi connectivity index (χ0n) is 32.1. The van der Waals surface area contributed by atoms with Crippen molar-refractivity contribution in [2.24, 2.45) is 23.7 Å². The van der Waals surface area contributed by atoms with E-state index < -0.39 is 81.2 Å². The molecular formula is C43H35BrCl2F3N5O7. The van der Waals surface area contributed by atoms with Crippen LogP contribution in [0.15, 0.2) is 89.0 Å². The Morgan fingerprint density at radius 2 is 1.62 bits per heavy atom. The van der Waals surface area contributed by atoms with Crippen LogP contribution in [0.4, 0.5) is 30.4 Å². The van der Waals surface area contributed by atoms with E-state index in [2.05, 4.69) is 31.2 Å². The number of hydrazine groups is 1. The number of hydrogen-bond acceptors (Lipinski definition) is 10. The van der Waals surface area contributed by atoms with Gasteiger partial charge in [0.05, 0.1) is 59.8 Å². The molecule has 2 N–H and O–H groups in total. The number of fused-ring (bicyclic) bond motifs is 4. The Hall–Kier alpha value is -5.16. The van der Waals surface area contributed by atoms with E-state index in [9.17, 15) is 27.9 Å². The maximum atomic E-state index is 15.5. The number of morpholine rings is 1. The molecule has 4 aromatic rings. The zero-order valence-corrected chi connectivity index (χ0v) is 35.2. The number of carbonyl (C=O) groups excluding carboxylic acids is 4. The second-order valence-corrected chi connectivity index (χ2v) is 17.4. The van der Waals surface area contributed by atoms with Crippen LogP contribution >= 0.6 is 39.1 Å². The van der Waals surface area contributed by atoms with Crippen LogP contribution in [0.2, 0.25) is 10.0 Å². The van der Waals surface area contributed by atoms with E-state index >= 15 is 9.59 Å². The average Bonchev–Trinajstić information content (AvgIpc) is 3.63. The predicted octanol–water partition coefficient (Wildman–Crippen LogP) is 7.91. The summed E-state index contributed by atoms with van der Waals surface area (Å²) >= 11 is 16.2. The van der Waals surface area contributed by atoms with Crippen molar-refractivity contribution in [2.75, 3.05) is 48.6 Å². The van der Waals surface area contributed by atoms with Gasteiger partial charge in [0.25, 0.3) is 11.8 Å². The highest BCUT2D eigenvalue weighted by atomic mass is 79.9. The maximum Gasteiger partial charge on any atom is 0.417 e. The number of anilines is 3. The van der Waals surface area contributed by atoms with Gasteiger partial charge in [0, 0.05) is 46.0 Å². The Morgan fingerprint density at radius 3 is 2.28 bits per heavy atom. The summed E-state index contributed by atoms with van der Waals surface area (Å²) < 4.78 is 52.2. The van der Waals surface area contributed by atoms with Gasteiger partial charge in [0.15, 0.2) is 17.3 Å². The number of allylic oxidation sites excluding steroid dienone is 2. The molecule has 18 heteroatoms. The lowest BCUT2D eigenvalue weighted by atomic mass is 9.49. The Bertz CT molecular complexity index is 2520. The number of imide groups is 2. The molecule has 3 aliphatic heterocycles. The lowest BCUT2D eigenvalue weighted by Crippen LogP contribution is -2.53. The largest absolute Gasteiger partial charge is 0.504 e. The van der Waals surface area contributed by atoms with Crippen LogP contribution in [-0.4, -0.2) is 72.1 Å². The smallest absolute Gasteiger partial charge is 0.417 e. The maximum absolute atomic E-state index is 15.5. The first kappa shape index (κ1) is 41.2. The van der Waals surface area contributed by atoms with E-state index in [4.69, 9.17) is 32.7 Å². The monoisotopic (exact) mass is 939 g/mol. The number of benzene rings is 3. The molecular weight excluding hydrogens is 906 g/mol. The van der Waals surface area contributed by atoms with Gasteiger partial charge in [0.1, 0.15) is 0 Å². The van der Waals surface area contributed by atoms with Crippen LogP contribution in [-0.2, 0) is 35.5 Å². The third-order valence-electron chi connectivity index (χ3n) is 12.6. The number of alkyl halides is 3. The van der Waals surface area contributed by atoms with Crippen LogP contribution in [0.3, 0.4) is 0 Å². The van der Waals surface area contributed by atoms with Gasteiger partial charge in [0.2, 0.25) is 11.8 Å². The fraction of sp³-hybridized carbons (Fsp3) is 0.326. The van der Waals surface area contributed by atoms with Crippen molar-refractivity contribution in [3.8, 4) is 11.5 Å². The van der Waals surface area contributed by atoms with Crippen LogP contribution in [0.5, 0.6) is 11.5 Å². The Balaban J connectivity index is 1.19. The SMILES string of the molecule is COc1cc(Br)cc(C2C3=CCC4C(=O)N(c5ccc(N6CCOCC6)cc5)C(=O)C4C3CC3C(=O)N(Nc4ncc(C(F)(F)F)cc4Cl)C(=O)C32c2ccc(Cl)cc2)c1O. The van der Waals surface area contributed by atoms with Gasteiger partial charge in [-0.05, 0) is 78.9 Å². The summed E-state index contributed by atoms with van der Waals surface area (Å²) in [5, 5.41) is 12.5. The number of amides is 4. The molecule has 4 amide bonds. The van der Waals surface area contributed by atoms with Gasteiger partial charge in [-0.15, -0.1) is 0 Å². The minimum Gasteiger partial charge on any atom is -0.504 e. The number of halogens is 6. The number of hydrogen-bond donors (Lipinski definition) is 2. The lowest BCUT2D eigenvalue weighted by molar-refractivity contribution is -0.139. The molecule has 2 aliphatic carbocycles. The number of methoxy groups -OCH3 is 1. The molecule has 6 atom stereocenters.